The molecule has 4 nitrogen and oxygen atoms in total. The van der Waals surface area contributed by atoms with Gasteiger partial charge in [0.25, 0.3) is 0 Å². The zero-order valence-electron chi connectivity index (χ0n) is 9.06. The molecule has 0 amide bonds. The third kappa shape index (κ3) is 2.68. The second-order valence-corrected chi connectivity index (χ2v) is 6.48. The van der Waals surface area contributed by atoms with Crippen molar-refractivity contribution < 1.29 is 13.2 Å². The monoisotopic (exact) mass is 221 g/mol. The summed E-state index contributed by atoms with van der Waals surface area (Å²) in [7, 11) is -3.10. The van der Waals surface area contributed by atoms with Crippen molar-refractivity contribution in [2.75, 3.05) is 19.7 Å². The van der Waals surface area contributed by atoms with E-state index in [2.05, 4.69) is 0 Å². The summed E-state index contributed by atoms with van der Waals surface area (Å²) in [5.41, 5.74) is 0. The fourth-order valence-electron chi connectivity index (χ4n) is 1.49. The Kier molecular flexibility index (Phi) is 3.92. The Labute approximate surface area is 86.3 Å². The molecule has 14 heavy (non-hydrogen) atoms. The summed E-state index contributed by atoms with van der Waals surface area (Å²) in [4.78, 5) is 0. The van der Waals surface area contributed by atoms with E-state index in [1.165, 1.54) is 0 Å². The van der Waals surface area contributed by atoms with Gasteiger partial charge in [-0.05, 0) is 27.2 Å². The molecule has 1 aliphatic rings. The number of hydrogen-bond acceptors (Lipinski definition) is 3. The minimum absolute atomic E-state index is 0.00558. The number of ether oxygens (including phenoxy) is 1. The lowest BCUT2D eigenvalue weighted by atomic mass is 10.4. The quantitative estimate of drug-likeness (QED) is 0.694. The molecule has 1 atom stereocenters. The van der Waals surface area contributed by atoms with Crippen molar-refractivity contribution in [2.24, 2.45) is 0 Å². The third-order valence-electron chi connectivity index (χ3n) is 2.37. The summed E-state index contributed by atoms with van der Waals surface area (Å²) < 4.78 is 30.7. The molecule has 0 aromatic rings. The fourth-order valence-corrected chi connectivity index (χ4v) is 2.88. The number of sulfonamides is 1. The van der Waals surface area contributed by atoms with Crippen LogP contribution in [0.5, 0.6) is 0 Å². The molecule has 0 saturated carbocycles. The first-order chi connectivity index (χ1) is 6.44. The molecule has 5 heteroatoms. The van der Waals surface area contributed by atoms with Gasteiger partial charge < -0.3 is 4.74 Å². The number of hydrogen-bond donors (Lipinski definition) is 0. The average molecular weight is 221 g/mol. The minimum Gasteiger partial charge on any atom is -0.377 e. The Hall–Kier alpha value is -0.130. The molecule has 0 aromatic carbocycles. The van der Waals surface area contributed by atoms with E-state index in [4.69, 9.17) is 4.74 Å². The van der Waals surface area contributed by atoms with Crippen molar-refractivity contribution in [3.8, 4) is 0 Å². The van der Waals surface area contributed by atoms with Crippen LogP contribution in [0.3, 0.4) is 0 Å². The normalized spacial score (nSPS) is 26.4. The predicted molar refractivity (Wildman–Crippen MR) is 55.7 cm³/mol. The zero-order chi connectivity index (χ0) is 10.8. The highest BCUT2D eigenvalue weighted by molar-refractivity contribution is 7.89. The average Bonchev–Trinajstić information content (AvgIpc) is 2.29. The second-order valence-electron chi connectivity index (χ2n) is 3.99. The molecule has 0 N–H and O–H groups in total. The molecular weight excluding hydrogens is 202 g/mol. The van der Waals surface area contributed by atoms with Gasteiger partial charge in [-0.1, -0.05) is 0 Å². The van der Waals surface area contributed by atoms with E-state index in [0.717, 1.165) is 6.42 Å². The third-order valence-corrected chi connectivity index (χ3v) is 4.61. The van der Waals surface area contributed by atoms with Gasteiger partial charge in [-0.3, -0.25) is 0 Å². The smallest absolute Gasteiger partial charge is 0.216 e. The standard InChI is InChI=1S/C9H19NO3S/c1-8(2)14(11,12)10-5-4-6-13-9(3)7-10/h8-9H,4-7H2,1-3H3. The fraction of sp³-hybridized carbons (Fsp3) is 1.00. The Balaban J connectivity index is 2.75. The van der Waals surface area contributed by atoms with Crippen LogP contribution < -0.4 is 0 Å². The summed E-state index contributed by atoms with van der Waals surface area (Å²) in [6, 6.07) is 0. The summed E-state index contributed by atoms with van der Waals surface area (Å²) in [5, 5.41) is -0.340. The molecule has 0 bridgehead atoms. The van der Waals surface area contributed by atoms with Gasteiger partial charge in [-0.25, -0.2) is 8.42 Å². The van der Waals surface area contributed by atoms with Crippen molar-refractivity contribution in [3.05, 3.63) is 0 Å². The largest absolute Gasteiger partial charge is 0.377 e. The maximum absolute atomic E-state index is 11.9. The maximum Gasteiger partial charge on any atom is 0.216 e. The van der Waals surface area contributed by atoms with E-state index in [0.29, 0.717) is 19.7 Å². The van der Waals surface area contributed by atoms with Gasteiger partial charge in [0.15, 0.2) is 0 Å². The minimum atomic E-state index is -3.10. The number of nitrogens with zero attached hydrogens (tertiary/aromatic N) is 1. The topological polar surface area (TPSA) is 46.6 Å². The lowest BCUT2D eigenvalue weighted by Gasteiger charge is -2.23. The van der Waals surface area contributed by atoms with E-state index >= 15 is 0 Å². The molecule has 1 saturated heterocycles. The molecule has 1 rings (SSSR count). The van der Waals surface area contributed by atoms with E-state index in [1.54, 1.807) is 18.2 Å². The molecule has 0 aliphatic carbocycles. The van der Waals surface area contributed by atoms with E-state index in [9.17, 15) is 8.42 Å². The first-order valence-corrected chi connectivity index (χ1v) is 6.55. The van der Waals surface area contributed by atoms with Gasteiger partial charge >= 0.3 is 0 Å². The summed E-state index contributed by atoms with van der Waals surface area (Å²) in [5.74, 6) is 0. The van der Waals surface area contributed by atoms with Crippen LogP contribution >= 0.6 is 0 Å². The Bertz CT molecular complexity index is 274. The first-order valence-electron chi connectivity index (χ1n) is 5.05. The van der Waals surface area contributed by atoms with Crippen LogP contribution in [0.1, 0.15) is 27.2 Å². The van der Waals surface area contributed by atoms with Gasteiger partial charge in [-0.15, -0.1) is 0 Å². The second kappa shape index (κ2) is 4.59. The van der Waals surface area contributed by atoms with Gasteiger partial charge in [0.2, 0.25) is 10.0 Å². The summed E-state index contributed by atoms with van der Waals surface area (Å²) >= 11 is 0. The van der Waals surface area contributed by atoms with Gasteiger partial charge in [0.05, 0.1) is 11.4 Å². The molecule has 0 aromatic heterocycles. The van der Waals surface area contributed by atoms with Crippen molar-refractivity contribution >= 4 is 10.0 Å². The maximum atomic E-state index is 11.9. The molecule has 84 valence electrons. The van der Waals surface area contributed by atoms with Crippen LogP contribution in [-0.2, 0) is 14.8 Å². The van der Waals surface area contributed by atoms with Crippen molar-refractivity contribution in [1.29, 1.82) is 0 Å². The van der Waals surface area contributed by atoms with Gasteiger partial charge in [-0.2, -0.15) is 4.31 Å². The van der Waals surface area contributed by atoms with Crippen LogP contribution in [0.15, 0.2) is 0 Å². The van der Waals surface area contributed by atoms with E-state index in [1.807, 2.05) is 6.92 Å². The van der Waals surface area contributed by atoms with Gasteiger partial charge in [0.1, 0.15) is 0 Å². The van der Waals surface area contributed by atoms with Crippen molar-refractivity contribution in [3.63, 3.8) is 0 Å². The SMILES string of the molecule is CC1CN(S(=O)(=O)C(C)C)CCCO1. The van der Waals surface area contributed by atoms with Crippen LogP contribution in [0.25, 0.3) is 0 Å². The highest BCUT2D eigenvalue weighted by Crippen LogP contribution is 2.13. The lowest BCUT2D eigenvalue weighted by molar-refractivity contribution is 0.0751. The molecular formula is C9H19NO3S. The predicted octanol–water partition coefficient (Wildman–Crippen LogP) is 0.835. The lowest BCUT2D eigenvalue weighted by Crippen LogP contribution is -2.39. The highest BCUT2D eigenvalue weighted by Gasteiger charge is 2.28. The van der Waals surface area contributed by atoms with Crippen LogP contribution in [-0.4, -0.2) is 43.8 Å². The van der Waals surface area contributed by atoms with Gasteiger partial charge in [0, 0.05) is 19.7 Å². The molecule has 1 heterocycles. The molecule has 0 spiro atoms. The highest BCUT2D eigenvalue weighted by atomic mass is 32.2. The van der Waals surface area contributed by atoms with Crippen LogP contribution in [0.2, 0.25) is 0 Å². The van der Waals surface area contributed by atoms with Crippen molar-refractivity contribution in [2.45, 2.75) is 38.5 Å². The van der Waals surface area contributed by atoms with Crippen molar-refractivity contribution in [1.82, 2.24) is 4.31 Å². The Morgan fingerprint density at radius 2 is 2.07 bits per heavy atom. The van der Waals surface area contributed by atoms with Crippen LogP contribution in [0, 0.1) is 0 Å². The summed E-state index contributed by atoms with van der Waals surface area (Å²) in [6.45, 7) is 7.07. The zero-order valence-corrected chi connectivity index (χ0v) is 9.88. The Morgan fingerprint density at radius 1 is 1.43 bits per heavy atom. The van der Waals surface area contributed by atoms with E-state index in [-0.39, 0.29) is 11.4 Å². The van der Waals surface area contributed by atoms with E-state index < -0.39 is 10.0 Å². The Morgan fingerprint density at radius 3 is 2.64 bits per heavy atom. The van der Waals surface area contributed by atoms with Crippen LogP contribution in [0.4, 0.5) is 0 Å². The molecule has 0 radical (unpaired) electrons. The molecule has 1 fully saturated rings. The first kappa shape index (κ1) is 11.9. The molecule has 1 unspecified atom stereocenters. The summed E-state index contributed by atoms with van der Waals surface area (Å²) in [6.07, 6.45) is 0.794. The number of rotatable bonds is 2. The molecule has 1 aliphatic heterocycles.